The third-order valence-corrected chi connectivity index (χ3v) is 2.48. The van der Waals surface area contributed by atoms with Crippen molar-refractivity contribution in [3.63, 3.8) is 0 Å². The van der Waals surface area contributed by atoms with Crippen LogP contribution in [0.3, 0.4) is 0 Å². The van der Waals surface area contributed by atoms with Gasteiger partial charge in [-0.05, 0) is 11.1 Å². The van der Waals surface area contributed by atoms with Crippen molar-refractivity contribution < 1.29 is 19.1 Å². The SMILES string of the molecule is C=CCOC(=O)/C=C/C(=O)OCC=C.C=Cc1ccccc1C=C. The van der Waals surface area contributed by atoms with Crippen LogP contribution in [0.1, 0.15) is 11.1 Å². The van der Waals surface area contributed by atoms with E-state index in [4.69, 9.17) is 0 Å². The summed E-state index contributed by atoms with van der Waals surface area (Å²) in [4.78, 5) is 21.6. The molecule has 24 heavy (non-hydrogen) atoms. The molecule has 0 radical (unpaired) electrons. The number of ether oxygens (including phenoxy) is 2. The van der Waals surface area contributed by atoms with Gasteiger partial charge in [-0.15, -0.1) is 0 Å². The Labute approximate surface area is 143 Å². The molecule has 4 heteroatoms. The van der Waals surface area contributed by atoms with Gasteiger partial charge < -0.3 is 9.47 Å². The lowest BCUT2D eigenvalue weighted by Gasteiger charge is -1.96. The summed E-state index contributed by atoms with van der Waals surface area (Å²) in [5.41, 5.74) is 2.27. The minimum absolute atomic E-state index is 0.116. The Morgan fingerprint density at radius 1 is 0.792 bits per heavy atom. The van der Waals surface area contributed by atoms with Crippen molar-refractivity contribution in [2.24, 2.45) is 0 Å². The highest BCUT2D eigenvalue weighted by molar-refractivity contribution is 5.91. The molecule has 0 N–H and O–H groups in total. The highest BCUT2D eigenvalue weighted by Gasteiger charge is 1.98. The summed E-state index contributed by atoms with van der Waals surface area (Å²) in [5.74, 6) is -1.22. The van der Waals surface area contributed by atoms with Crippen molar-refractivity contribution in [2.75, 3.05) is 13.2 Å². The lowest BCUT2D eigenvalue weighted by Crippen LogP contribution is -2.04. The number of rotatable bonds is 8. The number of hydrogen-bond acceptors (Lipinski definition) is 4. The predicted molar refractivity (Wildman–Crippen MR) is 98.1 cm³/mol. The standard InChI is InChI=1S/C10H12O4.C10H10/c1-3-7-13-9(11)5-6-10(12)14-8-4-2;1-3-9-7-5-6-8-10(9)4-2/h3-6H,1-2,7-8H2;3-8H,1-2H2/b6-5+;. The van der Waals surface area contributed by atoms with E-state index in [0.29, 0.717) is 0 Å². The van der Waals surface area contributed by atoms with Crippen LogP contribution in [-0.4, -0.2) is 25.2 Å². The molecule has 0 aromatic heterocycles. The molecular weight excluding hydrogens is 304 g/mol. The Balaban J connectivity index is 0.000000463. The number of carbonyl (C=O) groups excluding carboxylic acids is 2. The molecule has 0 saturated carbocycles. The van der Waals surface area contributed by atoms with Crippen molar-refractivity contribution in [1.82, 2.24) is 0 Å². The van der Waals surface area contributed by atoms with Gasteiger partial charge in [0, 0.05) is 12.2 Å². The predicted octanol–water partition coefficient (Wildman–Crippen LogP) is 3.97. The second-order valence-electron chi connectivity index (χ2n) is 4.21. The molecule has 0 atom stereocenters. The van der Waals surface area contributed by atoms with Crippen LogP contribution in [-0.2, 0) is 19.1 Å². The van der Waals surface area contributed by atoms with Gasteiger partial charge in [0.15, 0.2) is 0 Å². The second kappa shape index (κ2) is 13.5. The lowest BCUT2D eigenvalue weighted by molar-refractivity contribution is -0.139. The monoisotopic (exact) mass is 326 g/mol. The average Bonchev–Trinajstić information content (AvgIpc) is 2.63. The van der Waals surface area contributed by atoms with Crippen LogP contribution in [0, 0.1) is 0 Å². The third kappa shape index (κ3) is 9.73. The Morgan fingerprint density at radius 3 is 1.46 bits per heavy atom. The second-order valence-corrected chi connectivity index (χ2v) is 4.21. The van der Waals surface area contributed by atoms with Gasteiger partial charge in [0.25, 0.3) is 0 Å². The Hall–Kier alpha value is -3.14. The molecule has 0 aliphatic heterocycles. The maximum atomic E-state index is 10.8. The summed E-state index contributed by atoms with van der Waals surface area (Å²) < 4.78 is 9.15. The Morgan fingerprint density at radius 2 is 1.17 bits per heavy atom. The van der Waals surface area contributed by atoms with Crippen LogP contribution in [0.2, 0.25) is 0 Å². The van der Waals surface area contributed by atoms with E-state index in [0.717, 1.165) is 23.3 Å². The van der Waals surface area contributed by atoms with Gasteiger partial charge in [0.1, 0.15) is 13.2 Å². The van der Waals surface area contributed by atoms with Crippen molar-refractivity contribution >= 4 is 24.1 Å². The van der Waals surface area contributed by atoms with Gasteiger partial charge in [0.2, 0.25) is 0 Å². The molecule has 0 spiro atoms. The first-order chi connectivity index (χ1) is 11.6. The maximum Gasteiger partial charge on any atom is 0.331 e. The van der Waals surface area contributed by atoms with Crippen molar-refractivity contribution in [3.8, 4) is 0 Å². The summed E-state index contributed by atoms with van der Waals surface area (Å²) in [5, 5.41) is 0. The van der Waals surface area contributed by atoms with E-state index < -0.39 is 11.9 Å². The van der Waals surface area contributed by atoms with E-state index in [1.807, 2.05) is 36.4 Å². The van der Waals surface area contributed by atoms with Crippen LogP contribution in [0.4, 0.5) is 0 Å². The van der Waals surface area contributed by atoms with Crippen LogP contribution < -0.4 is 0 Å². The number of esters is 2. The van der Waals surface area contributed by atoms with E-state index >= 15 is 0 Å². The Kier molecular flexibility index (Phi) is 11.7. The molecular formula is C20H22O4. The quantitative estimate of drug-likeness (QED) is 0.412. The van der Waals surface area contributed by atoms with E-state index in [-0.39, 0.29) is 13.2 Å². The van der Waals surface area contributed by atoms with Crippen LogP contribution in [0.25, 0.3) is 12.2 Å². The molecule has 1 aromatic rings. The first kappa shape index (κ1) is 20.9. The molecule has 0 amide bonds. The van der Waals surface area contributed by atoms with Crippen LogP contribution in [0.15, 0.2) is 74.9 Å². The van der Waals surface area contributed by atoms with Gasteiger partial charge in [-0.25, -0.2) is 9.59 Å². The zero-order valence-electron chi connectivity index (χ0n) is 13.6. The lowest BCUT2D eigenvalue weighted by atomic mass is 10.1. The van der Waals surface area contributed by atoms with Crippen molar-refractivity contribution in [2.45, 2.75) is 0 Å². The molecule has 1 aromatic carbocycles. The first-order valence-corrected chi connectivity index (χ1v) is 7.16. The summed E-state index contributed by atoms with van der Waals surface area (Å²) in [6.45, 7) is 14.3. The van der Waals surface area contributed by atoms with Gasteiger partial charge in [-0.1, -0.05) is 74.9 Å². The zero-order valence-corrected chi connectivity index (χ0v) is 13.6. The van der Waals surface area contributed by atoms with E-state index in [1.54, 1.807) is 0 Å². The third-order valence-electron chi connectivity index (χ3n) is 2.48. The summed E-state index contributed by atoms with van der Waals surface area (Å²) in [7, 11) is 0. The van der Waals surface area contributed by atoms with E-state index in [1.165, 1.54) is 12.2 Å². The summed E-state index contributed by atoms with van der Waals surface area (Å²) in [6.07, 6.45) is 8.52. The van der Waals surface area contributed by atoms with E-state index in [2.05, 4.69) is 35.8 Å². The summed E-state index contributed by atoms with van der Waals surface area (Å²) >= 11 is 0. The number of benzene rings is 1. The topological polar surface area (TPSA) is 52.6 Å². The van der Waals surface area contributed by atoms with E-state index in [9.17, 15) is 9.59 Å². The highest BCUT2D eigenvalue weighted by atomic mass is 16.5. The molecule has 126 valence electrons. The average molecular weight is 326 g/mol. The molecule has 0 bridgehead atoms. The van der Waals surface area contributed by atoms with Gasteiger partial charge in [0.05, 0.1) is 0 Å². The maximum absolute atomic E-state index is 10.8. The minimum atomic E-state index is -0.611. The first-order valence-electron chi connectivity index (χ1n) is 7.16. The molecule has 0 fully saturated rings. The largest absolute Gasteiger partial charge is 0.458 e. The van der Waals surface area contributed by atoms with Gasteiger partial charge in [-0.2, -0.15) is 0 Å². The molecule has 0 aliphatic carbocycles. The van der Waals surface area contributed by atoms with Gasteiger partial charge >= 0.3 is 11.9 Å². The molecule has 0 aliphatic rings. The molecule has 0 unspecified atom stereocenters. The Bertz CT molecular complexity index is 559. The molecule has 1 rings (SSSR count). The molecule has 4 nitrogen and oxygen atoms in total. The minimum Gasteiger partial charge on any atom is -0.458 e. The zero-order chi connectivity index (χ0) is 18.2. The molecule has 0 saturated heterocycles. The highest BCUT2D eigenvalue weighted by Crippen LogP contribution is 2.10. The van der Waals surface area contributed by atoms with Crippen LogP contribution >= 0.6 is 0 Å². The van der Waals surface area contributed by atoms with Gasteiger partial charge in [-0.3, -0.25) is 0 Å². The van der Waals surface area contributed by atoms with Crippen LogP contribution in [0.5, 0.6) is 0 Å². The fourth-order valence-electron chi connectivity index (χ4n) is 1.40. The molecule has 0 heterocycles. The van der Waals surface area contributed by atoms with Crippen molar-refractivity contribution in [3.05, 3.63) is 86.0 Å². The smallest absolute Gasteiger partial charge is 0.331 e. The summed E-state index contributed by atoms with van der Waals surface area (Å²) in [6, 6.07) is 8.02. The fourth-order valence-corrected chi connectivity index (χ4v) is 1.40. The van der Waals surface area contributed by atoms with Crippen molar-refractivity contribution in [1.29, 1.82) is 0 Å². The number of carbonyl (C=O) groups is 2. The fraction of sp³-hybridized carbons (Fsp3) is 0.100. The number of hydrogen-bond donors (Lipinski definition) is 0. The normalized spacial score (nSPS) is 9.17.